The highest BCUT2D eigenvalue weighted by Crippen LogP contribution is 2.36. The Labute approximate surface area is 149 Å². The molecule has 0 radical (unpaired) electrons. The Balaban J connectivity index is 2.04. The van der Waals surface area contributed by atoms with Gasteiger partial charge in [0.2, 0.25) is 0 Å². The van der Waals surface area contributed by atoms with Crippen LogP contribution in [0.4, 0.5) is 0 Å². The summed E-state index contributed by atoms with van der Waals surface area (Å²) in [4.78, 5) is 4.34. The minimum atomic E-state index is 0.795. The number of hydrogen-bond donors (Lipinski definition) is 0. The first-order chi connectivity index (χ1) is 11.8. The van der Waals surface area contributed by atoms with Gasteiger partial charge in [-0.1, -0.05) is 78.9 Å². The van der Waals surface area contributed by atoms with Crippen molar-refractivity contribution in [3.05, 3.63) is 96.0 Å². The molecule has 0 fully saturated rings. The van der Waals surface area contributed by atoms with Crippen molar-refractivity contribution in [3.63, 3.8) is 0 Å². The van der Waals surface area contributed by atoms with Gasteiger partial charge in [0, 0.05) is 23.5 Å². The van der Waals surface area contributed by atoms with E-state index in [2.05, 4.69) is 92.2 Å². The molecule has 0 aliphatic rings. The molecule has 0 saturated carbocycles. The second-order valence-electron chi connectivity index (χ2n) is 5.50. The number of rotatable bonds is 3. The minimum Gasteiger partial charge on any atom is -0.293 e. The van der Waals surface area contributed by atoms with Crippen molar-refractivity contribution >= 4 is 15.9 Å². The Hall–Kier alpha value is -2.65. The van der Waals surface area contributed by atoms with E-state index < -0.39 is 0 Å². The first kappa shape index (κ1) is 14.9. The van der Waals surface area contributed by atoms with E-state index in [0.29, 0.717) is 0 Å². The highest BCUT2D eigenvalue weighted by Gasteiger charge is 2.15. The monoisotopic (exact) mass is 374 g/mol. The lowest BCUT2D eigenvalue weighted by Gasteiger charge is -2.17. The third-order valence-corrected chi connectivity index (χ3v) is 4.63. The molecule has 0 aliphatic heterocycles. The van der Waals surface area contributed by atoms with E-state index in [9.17, 15) is 0 Å². The van der Waals surface area contributed by atoms with Gasteiger partial charge in [-0.3, -0.25) is 4.57 Å². The largest absolute Gasteiger partial charge is 0.293 e. The van der Waals surface area contributed by atoms with Crippen LogP contribution in [0.5, 0.6) is 0 Å². The Bertz CT molecular complexity index is 902. The summed E-state index contributed by atoms with van der Waals surface area (Å²) >= 11 is 3.57. The van der Waals surface area contributed by atoms with Gasteiger partial charge in [0.05, 0.1) is 5.69 Å². The molecule has 4 rings (SSSR count). The molecule has 0 saturated heterocycles. The van der Waals surface area contributed by atoms with Gasteiger partial charge in [-0.25, -0.2) is 4.98 Å². The molecule has 2 nitrogen and oxygen atoms in total. The van der Waals surface area contributed by atoms with Crippen molar-refractivity contribution in [2.45, 2.75) is 0 Å². The minimum absolute atomic E-state index is 0.795. The van der Waals surface area contributed by atoms with Crippen LogP contribution in [0.2, 0.25) is 0 Å². The topological polar surface area (TPSA) is 17.8 Å². The van der Waals surface area contributed by atoms with Crippen molar-refractivity contribution in [3.8, 4) is 27.9 Å². The number of imidazole rings is 1. The molecule has 3 aromatic carbocycles. The van der Waals surface area contributed by atoms with Crippen LogP contribution in [0.25, 0.3) is 27.9 Å². The van der Waals surface area contributed by atoms with Crippen molar-refractivity contribution in [2.24, 2.45) is 0 Å². The number of nitrogens with zero attached hydrogens (tertiary/aromatic N) is 2. The molecule has 4 aromatic rings. The Morgan fingerprint density at radius 1 is 0.667 bits per heavy atom. The van der Waals surface area contributed by atoms with Gasteiger partial charge in [0.15, 0.2) is 4.73 Å². The Kier molecular flexibility index (Phi) is 4.01. The zero-order valence-corrected chi connectivity index (χ0v) is 14.5. The number of benzene rings is 3. The van der Waals surface area contributed by atoms with E-state index in [-0.39, 0.29) is 0 Å². The summed E-state index contributed by atoms with van der Waals surface area (Å²) in [5.41, 5.74) is 5.85. The summed E-state index contributed by atoms with van der Waals surface area (Å²) in [5, 5.41) is 0. The summed E-state index contributed by atoms with van der Waals surface area (Å²) in [7, 11) is 0. The van der Waals surface area contributed by atoms with Crippen LogP contribution < -0.4 is 0 Å². The summed E-state index contributed by atoms with van der Waals surface area (Å²) < 4.78 is 2.88. The summed E-state index contributed by atoms with van der Waals surface area (Å²) in [6, 6.07) is 27.3. The first-order valence-electron chi connectivity index (χ1n) is 7.77. The SMILES string of the molecule is Brc1nccn1-c1c(-c2ccccc2)cccc1-c1ccccc1. The van der Waals surface area contributed by atoms with Crippen molar-refractivity contribution < 1.29 is 0 Å². The van der Waals surface area contributed by atoms with Crippen LogP contribution in [0, 0.1) is 0 Å². The molecular formula is C21H15BrN2. The molecule has 116 valence electrons. The van der Waals surface area contributed by atoms with Crippen LogP contribution in [0.1, 0.15) is 0 Å². The van der Waals surface area contributed by atoms with E-state index in [0.717, 1.165) is 10.4 Å². The predicted octanol–water partition coefficient (Wildman–Crippen LogP) is 5.97. The molecule has 0 bridgehead atoms. The molecule has 1 heterocycles. The van der Waals surface area contributed by atoms with Crippen molar-refractivity contribution in [1.82, 2.24) is 9.55 Å². The summed E-state index contributed by atoms with van der Waals surface area (Å²) in [5.74, 6) is 0. The van der Waals surface area contributed by atoms with Gasteiger partial charge in [-0.2, -0.15) is 0 Å². The molecule has 24 heavy (non-hydrogen) atoms. The molecule has 0 atom stereocenters. The van der Waals surface area contributed by atoms with Gasteiger partial charge >= 0.3 is 0 Å². The van der Waals surface area contributed by atoms with Crippen LogP contribution in [0.3, 0.4) is 0 Å². The molecule has 0 spiro atoms. The maximum atomic E-state index is 4.34. The average Bonchev–Trinajstić information content (AvgIpc) is 3.08. The van der Waals surface area contributed by atoms with Crippen molar-refractivity contribution in [1.29, 1.82) is 0 Å². The zero-order chi connectivity index (χ0) is 16.4. The Morgan fingerprint density at radius 3 is 1.67 bits per heavy atom. The molecular weight excluding hydrogens is 360 g/mol. The molecule has 3 heteroatoms. The first-order valence-corrected chi connectivity index (χ1v) is 8.57. The highest BCUT2D eigenvalue weighted by molar-refractivity contribution is 9.10. The summed E-state index contributed by atoms with van der Waals surface area (Å²) in [6.07, 6.45) is 3.79. The number of hydrogen-bond acceptors (Lipinski definition) is 1. The number of aromatic nitrogens is 2. The van der Waals surface area contributed by atoms with Gasteiger partial charge in [0.1, 0.15) is 0 Å². The van der Waals surface area contributed by atoms with Gasteiger partial charge in [-0.05, 0) is 27.1 Å². The zero-order valence-electron chi connectivity index (χ0n) is 12.9. The second-order valence-corrected chi connectivity index (χ2v) is 6.21. The van der Waals surface area contributed by atoms with Gasteiger partial charge < -0.3 is 0 Å². The van der Waals surface area contributed by atoms with E-state index in [1.165, 1.54) is 22.3 Å². The fourth-order valence-corrected chi connectivity index (χ4v) is 3.37. The van der Waals surface area contributed by atoms with Crippen LogP contribution in [-0.4, -0.2) is 9.55 Å². The fourth-order valence-electron chi connectivity index (χ4n) is 2.96. The third kappa shape index (κ3) is 2.68. The standard InChI is InChI=1S/C21H15BrN2/c22-21-23-14-15-24(21)20-18(16-8-3-1-4-9-16)12-7-13-19(20)17-10-5-2-6-11-17/h1-15H. The number of para-hydroxylation sites is 1. The normalized spacial score (nSPS) is 10.7. The number of halogens is 1. The van der Waals surface area contributed by atoms with Crippen LogP contribution in [0.15, 0.2) is 96.0 Å². The van der Waals surface area contributed by atoms with E-state index in [4.69, 9.17) is 0 Å². The maximum absolute atomic E-state index is 4.34. The maximum Gasteiger partial charge on any atom is 0.181 e. The van der Waals surface area contributed by atoms with E-state index in [1.54, 1.807) is 6.20 Å². The lowest BCUT2D eigenvalue weighted by Crippen LogP contribution is -1.99. The third-order valence-electron chi connectivity index (χ3n) is 4.04. The average molecular weight is 375 g/mol. The lowest BCUT2D eigenvalue weighted by molar-refractivity contribution is 1.02. The highest BCUT2D eigenvalue weighted by atomic mass is 79.9. The molecule has 1 aromatic heterocycles. The van der Waals surface area contributed by atoms with Gasteiger partial charge in [-0.15, -0.1) is 0 Å². The van der Waals surface area contributed by atoms with Crippen LogP contribution in [-0.2, 0) is 0 Å². The molecule has 0 unspecified atom stereocenters. The van der Waals surface area contributed by atoms with Crippen molar-refractivity contribution in [2.75, 3.05) is 0 Å². The Morgan fingerprint density at radius 2 is 1.21 bits per heavy atom. The predicted molar refractivity (Wildman–Crippen MR) is 102 cm³/mol. The van der Waals surface area contributed by atoms with E-state index in [1.807, 2.05) is 18.3 Å². The molecule has 0 aliphatic carbocycles. The molecule has 0 amide bonds. The molecule has 0 N–H and O–H groups in total. The lowest BCUT2D eigenvalue weighted by atomic mass is 9.96. The van der Waals surface area contributed by atoms with E-state index >= 15 is 0 Å². The quantitative estimate of drug-likeness (QED) is 0.431. The van der Waals surface area contributed by atoms with Crippen LogP contribution >= 0.6 is 15.9 Å². The summed E-state index contributed by atoms with van der Waals surface area (Å²) in [6.45, 7) is 0. The fraction of sp³-hybridized carbons (Fsp3) is 0. The second kappa shape index (κ2) is 6.46. The smallest absolute Gasteiger partial charge is 0.181 e. The van der Waals surface area contributed by atoms with Gasteiger partial charge in [0.25, 0.3) is 0 Å².